The summed E-state index contributed by atoms with van der Waals surface area (Å²) in [5, 5.41) is 28.7. The number of Topliss-reactive ketones (excluding diaryl/α,β-unsaturated/α-hetero) is 1. The van der Waals surface area contributed by atoms with Crippen LogP contribution >= 0.6 is 0 Å². The molecule has 0 radical (unpaired) electrons. The SMILES string of the molecule is CCCCCC(O)/C=C/C1C(O)CC(=O)C1C/C=C/CCCC(=O)O. The molecule has 0 saturated heterocycles. The van der Waals surface area contributed by atoms with Crippen molar-refractivity contribution in [1.29, 1.82) is 0 Å². The quantitative estimate of drug-likeness (QED) is 0.370. The Bertz CT molecular complexity index is 469. The largest absolute Gasteiger partial charge is 0.481 e. The summed E-state index contributed by atoms with van der Waals surface area (Å²) in [5.74, 6) is -1.26. The van der Waals surface area contributed by atoms with Gasteiger partial charge >= 0.3 is 5.97 Å². The van der Waals surface area contributed by atoms with Gasteiger partial charge in [-0.05, 0) is 25.7 Å². The van der Waals surface area contributed by atoms with Gasteiger partial charge in [-0.25, -0.2) is 0 Å². The molecule has 142 valence electrons. The van der Waals surface area contributed by atoms with Gasteiger partial charge in [0.2, 0.25) is 0 Å². The number of rotatable bonds is 12. The fraction of sp³-hybridized carbons (Fsp3) is 0.700. The van der Waals surface area contributed by atoms with Gasteiger partial charge in [-0.2, -0.15) is 0 Å². The minimum Gasteiger partial charge on any atom is -0.481 e. The third-order valence-corrected chi connectivity index (χ3v) is 4.71. The van der Waals surface area contributed by atoms with E-state index in [1.165, 1.54) is 0 Å². The van der Waals surface area contributed by atoms with Crippen molar-refractivity contribution >= 4 is 11.8 Å². The number of carboxylic acid groups (broad SMARTS) is 1. The molecule has 1 saturated carbocycles. The molecule has 25 heavy (non-hydrogen) atoms. The van der Waals surface area contributed by atoms with Crippen LogP contribution in [0.5, 0.6) is 0 Å². The molecule has 0 aromatic heterocycles. The first-order valence-corrected chi connectivity index (χ1v) is 9.39. The molecule has 0 amide bonds. The molecule has 0 aromatic carbocycles. The van der Waals surface area contributed by atoms with Crippen LogP contribution in [0.3, 0.4) is 0 Å². The van der Waals surface area contributed by atoms with Crippen LogP contribution < -0.4 is 0 Å². The summed E-state index contributed by atoms with van der Waals surface area (Å²) in [6.45, 7) is 2.11. The molecule has 0 spiro atoms. The Morgan fingerprint density at radius 3 is 2.72 bits per heavy atom. The smallest absolute Gasteiger partial charge is 0.303 e. The minimum absolute atomic E-state index is 0.0535. The summed E-state index contributed by atoms with van der Waals surface area (Å²) < 4.78 is 0. The number of hydrogen-bond donors (Lipinski definition) is 3. The molecule has 0 aromatic rings. The maximum atomic E-state index is 12.1. The zero-order valence-electron chi connectivity index (χ0n) is 15.1. The molecular weight excluding hydrogens is 320 g/mol. The van der Waals surface area contributed by atoms with Gasteiger partial charge in [0.05, 0.1) is 12.2 Å². The van der Waals surface area contributed by atoms with Crippen molar-refractivity contribution in [2.45, 2.75) is 76.9 Å². The van der Waals surface area contributed by atoms with Gasteiger partial charge < -0.3 is 15.3 Å². The van der Waals surface area contributed by atoms with Gasteiger partial charge in [-0.1, -0.05) is 50.5 Å². The molecule has 1 rings (SSSR count). The lowest BCUT2D eigenvalue weighted by Crippen LogP contribution is -2.18. The van der Waals surface area contributed by atoms with E-state index in [0.717, 1.165) is 19.3 Å². The van der Waals surface area contributed by atoms with E-state index < -0.39 is 18.2 Å². The number of aliphatic carboxylic acids is 1. The van der Waals surface area contributed by atoms with Crippen molar-refractivity contribution in [3.05, 3.63) is 24.3 Å². The molecule has 0 aliphatic heterocycles. The van der Waals surface area contributed by atoms with E-state index in [9.17, 15) is 19.8 Å². The molecule has 0 bridgehead atoms. The summed E-state index contributed by atoms with van der Waals surface area (Å²) in [6, 6.07) is 0. The number of carbonyl (C=O) groups excluding carboxylic acids is 1. The van der Waals surface area contributed by atoms with Crippen molar-refractivity contribution in [3.8, 4) is 0 Å². The second-order valence-corrected chi connectivity index (χ2v) is 6.86. The number of carbonyl (C=O) groups is 2. The molecule has 4 unspecified atom stereocenters. The molecule has 1 aliphatic rings. The maximum absolute atomic E-state index is 12.1. The number of ketones is 1. The summed E-state index contributed by atoms with van der Waals surface area (Å²) in [6.07, 6.45) is 12.1. The van der Waals surface area contributed by atoms with E-state index in [1.807, 2.05) is 12.2 Å². The highest BCUT2D eigenvalue weighted by Crippen LogP contribution is 2.33. The lowest BCUT2D eigenvalue weighted by Gasteiger charge is -2.16. The second kappa shape index (κ2) is 12.0. The highest BCUT2D eigenvalue weighted by Gasteiger charge is 2.39. The Morgan fingerprint density at radius 2 is 2.04 bits per heavy atom. The molecule has 4 atom stereocenters. The first-order chi connectivity index (χ1) is 12.0. The van der Waals surface area contributed by atoms with Crippen LogP contribution in [-0.4, -0.2) is 39.3 Å². The van der Waals surface area contributed by atoms with Crippen LogP contribution in [0, 0.1) is 11.8 Å². The summed E-state index contributed by atoms with van der Waals surface area (Å²) in [4.78, 5) is 22.5. The first kappa shape index (κ1) is 21.6. The topological polar surface area (TPSA) is 94.8 Å². The highest BCUT2D eigenvalue weighted by atomic mass is 16.4. The van der Waals surface area contributed by atoms with E-state index in [-0.39, 0.29) is 30.5 Å². The second-order valence-electron chi connectivity index (χ2n) is 6.86. The number of carboxylic acids is 1. The molecule has 1 aliphatic carbocycles. The van der Waals surface area contributed by atoms with Crippen LogP contribution in [0.4, 0.5) is 0 Å². The lowest BCUT2D eigenvalue weighted by molar-refractivity contribution is -0.137. The zero-order chi connectivity index (χ0) is 18.7. The van der Waals surface area contributed by atoms with Crippen molar-refractivity contribution in [2.24, 2.45) is 11.8 Å². The number of allylic oxidation sites excluding steroid dienone is 2. The van der Waals surface area contributed by atoms with Crippen molar-refractivity contribution < 1.29 is 24.9 Å². The van der Waals surface area contributed by atoms with Gasteiger partial charge in [0.1, 0.15) is 5.78 Å². The van der Waals surface area contributed by atoms with E-state index in [1.54, 1.807) is 12.2 Å². The molecule has 5 nitrogen and oxygen atoms in total. The Hall–Kier alpha value is -1.46. The van der Waals surface area contributed by atoms with Crippen LogP contribution in [-0.2, 0) is 9.59 Å². The van der Waals surface area contributed by atoms with E-state index in [0.29, 0.717) is 25.7 Å². The number of hydrogen-bond acceptors (Lipinski definition) is 4. The fourth-order valence-corrected chi connectivity index (χ4v) is 3.22. The van der Waals surface area contributed by atoms with Crippen LogP contribution in [0.25, 0.3) is 0 Å². The van der Waals surface area contributed by atoms with Crippen molar-refractivity contribution in [1.82, 2.24) is 0 Å². The van der Waals surface area contributed by atoms with Crippen molar-refractivity contribution in [3.63, 3.8) is 0 Å². The van der Waals surface area contributed by atoms with Gasteiger partial charge in [0.15, 0.2) is 0 Å². The van der Waals surface area contributed by atoms with Crippen molar-refractivity contribution in [2.75, 3.05) is 0 Å². The maximum Gasteiger partial charge on any atom is 0.303 e. The Labute approximate surface area is 150 Å². The standard InChI is InChI=1S/C20H32O5/c1-2-3-6-9-15(21)12-13-17-16(18(22)14-19(17)23)10-7-4-5-8-11-20(24)25/h4,7,12-13,15-17,19,21,23H,2-3,5-6,8-11,14H2,1H3,(H,24,25)/b7-4+,13-12+. The predicted octanol–water partition coefficient (Wildman–Crippen LogP) is 3.25. The van der Waals surface area contributed by atoms with E-state index in [4.69, 9.17) is 5.11 Å². The average molecular weight is 352 g/mol. The molecular formula is C20H32O5. The lowest BCUT2D eigenvalue weighted by atomic mass is 9.90. The summed E-state index contributed by atoms with van der Waals surface area (Å²) >= 11 is 0. The normalized spacial score (nSPS) is 25.2. The fourth-order valence-electron chi connectivity index (χ4n) is 3.22. The molecule has 1 fully saturated rings. The summed E-state index contributed by atoms with van der Waals surface area (Å²) in [5.41, 5.74) is 0. The average Bonchev–Trinajstić information content (AvgIpc) is 2.82. The van der Waals surface area contributed by atoms with Crippen LogP contribution in [0.15, 0.2) is 24.3 Å². The van der Waals surface area contributed by atoms with Gasteiger partial charge in [0.25, 0.3) is 0 Å². The number of aliphatic hydroxyl groups excluding tert-OH is 2. The Morgan fingerprint density at radius 1 is 1.28 bits per heavy atom. The molecule has 0 heterocycles. The van der Waals surface area contributed by atoms with E-state index in [2.05, 4.69) is 6.92 Å². The predicted molar refractivity (Wildman–Crippen MR) is 97.1 cm³/mol. The van der Waals surface area contributed by atoms with Gasteiger partial charge in [-0.3, -0.25) is 9.59 Å². The molecule has 3 N–H and O–H groups in total. The third-order valence-electron chi connectivity index (χ3n) is 4.71. The first-order valence-electron chi connectivity index (χ1n) is 9.39. The van der Waals surface area contributed by atoms with Gasteiger partial charge in [-0.15, -0.1) is 0 Å². The third kappa shape index (κ3) is 8.45. The Kier molecular flexibility index (Phi) is 10.3. The zero-order valence-corrected chi connectivity index (χ0v) is 15.1. The van der Waals surface area contributed by atoms with E-state index >= 15 is 0 Å². The number of aliphatic hydroxyl groups is 2. The Balaban J connectivity index is 2.48. The monoisotopic (exact) mass is 352 g/mol. The molecule has 5 heteroatoms. The van der Waals surface area contributed by atoms with Crippen LogP contribution in [0.1, 0.15) is 64.7 Å². The highest BCUT2D eigenvalue weighted by molar-refractivity contribution is 5.84. The number of unbranched alkanes of at least 4 members (excludes halogenated alkanes) is 3. The van der Waals surface area contributed by atoms with Crippen LogP contribution in [0.2, 0.25) is 0 Å². The summed E-state index contributed by atoms with van der Waals surface area (Å²) in [7, 11) is 0. The minimum atomic E-state index is -0.801. The van der Waals surface area contributed by atoms with Gasteiger partial charge in [0, 0.05) is 24.7 Å².